The third-order valence-corrected chi connectivity index (χ3v) is 4.47. The molecule has 0 bridgehead atoms. The minimum atomic E-state index is -0.708. The molecule has 0 unspecified atom stereocenters. The van der Waals surface area contributed by atoms with E-state index in [1.165, 1.54) is 12.2 Å². The number of carbonyl (C=O) groups excluding carboxylic acids is 3. The molecule has 164 valence electrons. The van der Waals surface area contributed by atoms with Gasteiger partial charge >= 0.3 is 11.9 Å². The molecule has 0 fully saturated rings. The van der Waals surface area contributed by atoms with E-state index in [9.17, 15) is 14.4 Å². The average molecular weight is 437 g/mol. The molecular formula is C23H19NO8. The molecule has 4 rings (SSSR count). The number of amides is 1. The van der Waals surface area contributed by atoms with Gasteiger partial charge in [0.25, 0.3) is 5.91 Å². The number of furan rings is 1. The van der Waals surface area contributed by atoms with Crippen molar-refractivity contribution >= 4 is 40.6 Å². The molecule has 9 nitrogen and oxygen atoms in total. The van der Waals surface area contributed by atoms with Gasteiger partial charge in [-0.25, -0.2) is 9.59 Å². The minimum Gasteiger partial charge on any atom is -0.460 e. The normalized spacial score (nSPS) is 12.2. The SMILES string of the molecule is CCOC(=O)c1oc2ccccc2c1NC(=O)COC(=O)C=Cc1ccc2c(c1)OCO2. The summed E-state index contributed by atoms with van der Waals surface area (Å²) in [4.78, 5) is 36.5. The third-order valence-electron chi connectivity index (χ3n) is 4.47. The first-order valence-corrected chi connectivity index (χ1v) is 9.78. The predicted molar refractivity (Wildman–Crippen MR) is 113 cm³/mol. The highest BCUT2D eigenvalue weighted by molar-refractivity contribution is 6.09. The molecule has 1 amide bonds. The quantitative estimate of drug-likeness (QED) is 0.441. The van der Waals surface area contributed by atoms with E-state index in [0.29, 0.717) is 28.0 Å². The van der Waals surface area contributed by atoms with Gasteiger partial charge in [0, 0.05) is 11.5 Å². The van der Waals surface area contributed by atoms with Crippen molar-refractivity contribution in [1.82, 2.24) is 0 Å². The van der Waals surface area contributed by atoms with E-state index in [4.69, 9.17) is 23.4 Å². The van der Waals surface area contributed by atoms with Gasteiger partial charge in [-0.05, 0) is 42.8 Å². The van der Waals surface area contributed by atoms with Gasteiger partial charge in [-0.15, -0.1) is 0 Å². The number of nitrogens with one attached hydrogen (secondary N) is 1. The molecule has 1 aromatic heterocycles. The van der Waals surface area contributed by atoms with Crippen LogP contribution in [-0.2, 0) is 19.1 Å². The molecule has 2 heterocycles. The number of carbonyl (C=O) groups is 3. The molecule has 1 aliphatic rings. The second-order valence-corrected chi connectivity index (χ2v) is 6.62. The summed E-state index contributed by atoms with van der Waals surface area (Å²) in [5, 5.41) is 3.09. The van der Waals surface area contributed by atoms with Gasteiger partial charge in [0.05, 0.1) is 6.61 Å². The van der Waals surface area contributed by atoms with Crippen molar-refractivity contribution < 1.29 is 37.7 Å². The third kappa shape index (κ3) is 4.56. The maximum atomic E-state index is 12.4. The summed E-state index contributed by atoms with van der Waals surface area (Å²) < 4.78 is 26.0. The van der Waals surface area contributed by atoms with Crippen LogP contribution in [0.15, 0.2) is 53.0 Å². The molecule has 9 heteroatoms. The van der Waals surface area contributed by atoms with Gasteiger partial charge in [-0.3, -0.25) is 4.79 Å². The van der Waals surface area contributed by atoms with Crippen LogP contribution in [0.25, 0.3) is 17.0 Å². The number of para-hydroxylation sites is 1. The summed E-state index contributed by atoms with van der Waals surface area (Å²) in [5.41, 5.74) is 1.28. The molecule has 0 atom stereocenters. The maximum Gasteiger partial charge on any atom is 0.376 e. The summed E-state index contributed by atoms with van der Waals surface area (Å²) in [6.45, 7) is 1.42. The molecule has 0 radical (unpaired) electrons. The highest BCUT2D eigenvalue weighted by Gasteiger charge is 2.23. The van der Waals surface area contributed by atoms with Crippen LogP contribution in [0.1, 0.15) is 23.0 Å². The Morgan fingerprint density at radius 3 is 2.72 bits per heavy atom. The fraction of sp³-hybridized carbons (Fsp3) is 0.174. The second-order valence-electron chi connectivity index (χ2n) is 6.62. The molecule has 2 aromatic carbocycles. The zero-order valence-electron chi connectivity index (χ0n) is 17.1. The first kappa shape index (κ1) is 21.0. The van der Waals surface area contributed by atoms with Gasteiger partial charge in [0.15, 0.2) is 18.1 Å². The Labute approximate surface area is 182 Å². The lowest BCUT2D eigenvalue weighted by atomic mass is 10.2. The Morgan fingerprint density at radius 1 is 1.06 bits per heavy atom. The van der Waals surface area contributed by atoms with E-state index in [1.807, 2.05) is 0 Å². The van der Waals surface area contributed by atoms with Crippen molar-refractivity contribution in [3.8, 4) is 11.5 Å². The van der Waals surface area contributed by atoms with E-state index >= 15 is 0 Å². The van der Waals surface area contributed by atoms with E-state index < -0.39 is 24.5 Å². The molecular weight excluding hydrogens is 418 g/mol. The van der Waals surface area contributed by atoms with E-state index in [-0.39, 0.29) is 24.8 Å². The number of hydrogen-bond acceptors (Lipinski definition) is 8. The first-order chi connectivity index (χ1) is 15.5. The van der Waals surface area contributed by atoms with Crippen LogP contribution < -0.4 is 14.8 Å². The summed E-state index contributed by atoms with van der Waals surface area (Å²) in [5.74, 6) is -0.953. The second kappa shape index (κ2) is 9.25. The summed E-state index contributed by atoms with van der Waals surface area (Å²) in [6, 6.07) is 12.0. The number of fused-ring (bicyclic) bond motifs is 2. The highest BCUT2D eigenvalue weighted by atomic mass is 16.7. The first-order valence-electron chi connectivity index (χ1n) is 9.78. The van der Waals surface area contributed by atoms with Gasteiger partial charge in [-0.1, -0.05) is 18.2 Å². The Balaban J connectivity index is 1.38. The topological polar surface area (TPSA) is 113 Å². The van der Waals surface area contributed by atoms with Crippen LogP contribution in [0.4, 0.5) is 5.69 Å². The van der Waals surface area contributed by atoms with Crippen LogP contribution in [0.3, 0.4) is 0 Å². The number of benzene rings is 2. The lowest BCUT2D eigenvalue weighted by Gasteiger charge is -2.06. The van der Waals surface area contributed by atoms with Crippen molar-refractivity contribution in [2.45, 2.75) is 6.92 Å². The minimum absolute atomic E-state index is 0.129. The average Bonchev–Trinajstić information content (AvgIpc) is 3.41. The largest absolute Gasteiger partial charge is 0.460 e. The Kier molecular flexibility index (Phi) is 6.07. The van der Waals surface area contributed by atoms with Gasteiger partial charge < -0.3 is 28.7 Å². The lowest BCUT2D eigenvalue weighted by molar-refractivity contribution is -0.142. The smallest absolute Gasteiger partial charge is 0.376 e. The van der Waals surface area contributed by atoms with Crippen LogP contribution in [-0.4, -0.2) is 37.9 Å². The van der Waals surface area contributed by atoms with Crippen LogP contribution >= 0.6 is 0 Å². The molecule has 3 aromatic rings. The molecule has 0 saturated carbocycles. The Hall–Kier alpha value is -4.27. The van der Waals surface area contributed by atoms with Gasteiger partial charge in [0.2, 0.25) is 12.6 Å². The Bertz CT molecular complexity index is 1210. The van der Waals surface area contributed by atoms with E-state index in [1.54, 1.807) is 49.4 Å². The van der Waals surface area contributed by atoms with E-state index in [2.05, 4.69) is 5.32 Å². The van der Waals surface area contributed by atoms with Crippen LogP contribution in [0.5, 0.6) is 11.5 Å². The number of esters is 2. The van der Waals surface area contributed by atoms with Gasteiger partial charge in [-0.2, -0.15) is 0 Å². The fourth-order valence-electron chi connectivity index (χ4n) is 3.05. The standard InChI is InChI=1S/C23H19NO8/c1-2-28-23(27)22-21(15-5-3-4-6-16(15)32-22)24-19(25)12-29-20(26)10-8-14-7-9-17-18(11-14)31-13-30-17/h3-11H,2,12-13H2,1H3,(H,24,25). The Morgan fingerprint density at radius 2 is 1.88 bits per heavy atom. The molecule has 32 heavy (non-hydrogen) atoms. The van der Waals surface area contributed by atoms with Crippen molar-refractivity contribution in [2.75, 3.05) is 25.3 Å². The molecule has 0 spiro atoms. The van der Waals surface area contributed by atoms with Crippen LogP contribution in [0.2, 0.25) is 0 Å². The van der Waals surface area contributed by atoms with Crippen molar-refractivity contribution in [1.29, 1.82) is 0 Å². The number of ether oxygens (including phenoxy) is 4. The molecule has 0 aliphatic carbocycles. The van der Waals surface area contributed by atoms with Crippen LogP contribution in [0, 0.1) is 0 Å². The van der Waals surface area contributed by atoms with Gasteiger partial charge in [0.1, 0.15) is 11.3 Å². The number of rotatable bonds is 7. The monoisotopic (exact) mass is 437 g/mol. The van der Waals surface area contributed by atoms with Crippen molar-refractivity contribution in [2.24, 2.45) is 0 Å². The maximum absolute atomic E-state index is 12.4. The highest BCUT2D eigenvalue weighted by Crippen LogP contribution is 2.33. The summed E-state index contributed by atoms with van der Waals surface area (Å²) in [7, 11) is 0. The zero-order chi connectivity index (χ0) is 22.5. The predicted octanol–water partition coefficient (Wildman–Crippen LogP) is 3.53. The summed E-state index contributed by atoms with van der Waals surface area (Å²) in [6.07, 6.45) is 2.73. The molecule has 0 saturated heterocycles. The van der Waals surface area contributed by atoms with Crippen molar-refractivity contribution in [3.63, 3.8) is 0 Å². The zero-order valence-corrected chi connectivity index (χ0v) is 17.1. The number of hydrogen-bond donors (Lipinski definition) is 1. The van der Waals surface area contributed by atoms with E-state index in [0.717, 1.165) is 0 Å². The molecule has 1 N–H and O–H groups in total. The lowest BCUT2D eigenvalue weighted by Crippen LogP contribution is -2.21. The number of anilines is 1. The fourth-order valence-corrected chi connectivity index (χ4v) is 3.05. The summed E-state index contributed by atoms with van der Waals surface area (Å²) >= 11 is 0. The molecule has 1 aliphatic heterocycles. The van der Waals surface area contributed by atoms with Crippen molar-refractivity contribution in [3.05, 3.63) is 59.9 Å².